The van der Waals surface area contributed by atoms with E-state index in [1.165, 1.54) is 12.5 Å². The average molecular weight is 265 g/mol. The molecule has 3 nitrogen and oxygen atoms in total. The molecular weight excluding hydrogens is 241 g/mol. The molecule has 0 amide bonds. The minimum atomic E-state index is -0.205. The van der Waals surface area contributed by atoms with Crippen LogP contribution < -0.4 is 10.6 Å². The van der Waals surface area contributed by atoms with E-state index in [4.69, 9.17) is 5.73 Å². The number of anilines is 1. The Hall–Kier alpha value is -1.13. The Bertz CT molecular complexity index is 418. The predicted molar refractivity (Wildman–Crippen MR) is 77.8 cm³/mol. The molecule has 19 heavy (non-hydrogen) atoms. The molecular formula is C15H24FN3. The van der Waals surface area contributed by atoms with Gasteiger partial charge in [-0.25, -0.2) is 4.39 Å². The summed E-state index contributed by atoms with van der Waals surface area (Å²) in [6.45, 7) is 9.01. The van der Waals surface area contributed by atoms with Crippen molar-refractivity contribution in [1.82, 2.24) is 4.90 Å². The van der Waals surface area contributed by atoms with Crippen LogP contribution in [-0.4, -0.2) is 37.1 Å². The van der Waals surface area contributed by atoms with Gasteiger partial charge in [-0.15, -0.1) is 0 Å². The van der Waals surface area contributed by atoms with E-state index in [9.17, 15) is 4.39 Å². The molecule has 1 aliphatic heterocycles. The third-order valence-corrected chi connectivity index (χ3v) is 4.09. The molecule has 1 aromatic carbocycles. The molecule has 1 heterocycles. The highest BCUT2D eigenvalue weighted by Crippen LogP contribution is 2.27. The minimum Gasteiger partial charge on any atom is -0.370 e. The fourth-order valence-electron chi connectivity index (χ4n) is 3.02. The Morgan fingerprint density at radius 1 is 1.37 bits per heavy atom. The predicted octanol–water partition coefficient (Wildman–Crippen LogP) is 2.20. The summed E-state index contributed by atoms with van der Waals surface area (Å²) in [5.74, 6) is -0.205. The summed E-state index contributed by atoms with van der Waals surface area (Å²) >= 11 is 0. The SMILES string of the molecule is CCN(CC)C1CCN(c2ccc(F)cc2CN)C1. The van der Waals surface area contributed by atoms with E-state index in [2.05, 4.69) is 23.6 Å². The van der Waals surface area contributed by atoms with Crippen LogP contribution >= 0.6 is 0 Å². The second kappa shape index (κ2) is 6.35. The van der Waals surface area contributed by atoms with Gasteiger partial charge in [-0.3, -0.25) is 4.90 Å². The lowest BCUT2D eigenvalue weighted by molar-refractivity contribution is 0.232. The minimum absolute atomic E-state index is 0.205. The Morgan fingerprint density at radius 2 is 2.11 bits per heavy atom. The first-order valence-corrected chi connectivity index (χ1v) is 7.17. The Kier molecular flexibility index (Phi) is 4.77. The van der Waals surface area contributed by atoms with Gasteiger partial charge in [-0.2, -0.15) is 0 Å². The molecule has 1 saturated heterocycles. The zero-order chi connectivity index (χ0) is 13.8. The molecule has 0 bridgehead atoms. The monoisotopic (exact) mass is 265 g/mol. The number of hydrogen-bond donors (Lipinski definition) is 1. The van der Waals surface area contributed by atoms with Crippen molar-refractivity contribution in [1.29, 1.82) is 0 Å². The Balaban J connectivity index is 2.12. The number of likely N-dealkylation sites (N-methyl/N-ethyl adjacent to an activating group) is 1. The molecule has 0 aromatic heterocycles. The number of hydrogen-bond acceptors (Lipinski definition) is 3. The van der Waals surface area contributed by atoms with E-state index in [0.29, 0.717) is 12.6 Å². The fourth-order valence-corrected chi connectivity index (χ4v) is 3.02. The van der Waals surface area contributed by atoms with Gasteiger partial charge in [-0.05, 0) is 43.3 Å². The molecule has 2 rings (SSSR count). The highest BCUT2D eigenvalue weighted by atomic mass is 19.1. The van der Waals surface area contributed by atoms with E-state index >= 15 is 0 Å². The summed E-state index contributed by atoms with van der Waals surface area (Å²) in [7, 11) is 0. The molecule has 0 spiro atoms. The maximum atomic E-state index is 13.3. The van der Waals surface area contributed by atoms with Crippen LogP contribution in [0.25, 0.3) is 0 Å². The summed E-state index contributed by atoms with van der Waals surface area (Å²) in [5, 5.41) is 0. The summed E-state index contributed by atoms with van der Waals surface area (Å²) in [6.07, 6.45) is 1.17. The average Bonchev–Trinajstić information content (AvgIpc) is 2.89. The van der Waals surface area contributed by atoms with Gasteiger partial charge >= 0.3 is 0 Å². The first-order chi connectivity index (χ1) is 9.19. The third kappa shape index (κ3) is 3.07. The molecule has 1 atom stereocenters. The van der Waals surface area contributed by atoms with Crippen LogP contribution in [0.15, 0.2) is 18.2 Å². The molecule has 2 N–H and O–H groups in total. The van der Waals surface area contributed by atoms with Crippen LogP contribution in [0.3, 0.4) is 0 Å². The van der Waals surface area contributed by atoms with Crippen molar-refractivity contribution in [2.24, 2.45) is 5.73 Å². The van der Waals surface area contributed by atoms with E-state index in [0.717, 1.165) is 37.4 Å². The molecule has 1 aromatic rings. The zero-order valence-electron chi connectivity index (χ0n) is 11.9. The molecule has 0 saturated carbocycles. The largest absolute Gasteiger partial charge is 0.370 e. The summed E-state index contributed by atoms with van der Waals surface area (Å²) in [4.78, 5) is 4.83. The highest BCUT2D eigenvalue weighted by Gasteiger charge is 2.27. The van der Waals surface area contributed by atoms with Crippen molar-refractivity contribution in [3.05, 3.63) is 29.6 Å². The summed E-state index contributed by atoms with van der Waals surface area (Å²) in [6, 6.07) is 5.55. The number of nitrogens with zero attached hydrogens (tertiary/aromatic N) is 2. The number of benzene rings is 1. The molecule has 1 fully saturated rings. The molecule has 106 valence electrons. The van der Waals surface area contributed by atoms with Crippen LogP contribution in [0.4, 0.5) is 10.1 Å². The van der Waals surface area contributed by atoms with Crippen molar-refractivity contribution in [3.63, 3.8) is 0 Å². The Morgan fingerprint density at radius 3 is 2.74 bits per heavy atom. The smallest absolute Gasteiger partial charge is 0.123 e. The molecule has 4 heteroatoms. The van der Waals surface area contributed by atoms with Crippen molar-refractivity contribution < 1.29 is 4.39 Å². The molecule has 1 unspecified atom stereocenters. The summed E-state index contributed by atoms with van der Waals surface area (Å²) in [5.41, 5.74) is 7.73. The van der Waals surface area contributed by atoms with Crippen molar-refractivity contribution in [2.45, 2.75) is 32.9 Å². The van der Waals surface area contributed by atoms with Crippen LogP contribution in [-0.2, 0) is 6.54 Å². The molecule has 1 aliphatic rings. The third-order valence-electron chi connectivity index (χ3n) is 4.09. The van der Waals surface area contributed by atoms with Gasteiger partial charge in [0.25, 0.3) is 0 Å². The van der Waals surface area contributed by atoms with E-state index in [-0.39, 0.29) is 5.82 Å². The second-order valence-corrected chi connectivity index (χ2v) is 5.09. The van der Waals surface area contributed by atoms with Gasteiger partial charge < -0.3 is 10.6 Å². The first kappa shape index (κ1) is 14.3. The first-order valence-electron chi connectivity index (χ1n) is 7.17. The lowest BCUT2D eigenvalue weighted by atomic mass is 10.1. The van der Waals surface area contributed by atoms with Gasteiger partial charge in [0, 0.05) is 31.4 Å². The highest BCUT2D eigenvalue weighted by molar-refractivity contribution is 5.54. The quantitative estimate of drug-likeness (QED) is 0.886. The normalized spacial score (nSPS) is 19.4. The van der Waals surface area contributed by atoms with E-state index in [1.807, 2.05) is 6.07 Å². The maximum Gasteiger partial charge on any atom is 0.123 e. The van der Waals surface area contributed by atoms with Crippen molar-refractivity contribution >= 4 is 5.69 Å². The number of rotatable bonds is 5. The standard InChI is InChI=1S/C15H24FN3/c1-3-18(4-2)14-7-8-19(11-14)15-6-5-13(16)9-12(15)10-17/h5-6,9,14H,3-4,7-8,10-11,17H2,1-2H3. The zero-order valence-corrected chi connectivity index (χ0v) is 11.9. The molecule has 0 aliphatic carbocycles. The van der Waals surface area contributed by atoms with E-state index in [1.54, 1.807) is 6.07 Å². The van der Waals surface area contributed by atoms with Crippen LogP contribution in [0, 0.1) is 5.82 Å². The number of halogens is 1. The lowest BCUT2D eigenvalue weighted by Crippen LogP contribution is -2.37. The lowest BCUT2D eigenvalue weighted by Gasteiger charge is -2.27. The van der Waals surface area contributed by atoms with Gasteiger partial charge in [0.15, 0.2) is 0 Å². The molecule has 0 radical (unpaired) electrons. The maximum absolute atomic E-state index is 13.3. The van der Waals surface area contributed by atoms with Crippen molar-refractivity contribution in [3.8, 4) is 0 Å². The number of nitrogens with two attached hydrogens (primary N) is 1. The van der Waals surface area contributed by atoms with Crippen LogP contribution in [0.1, 0.15) is 25.8 Å². The topological polar surface area (TPSA) is 32.5 Å². The van der Waals surface area contributed by atoms with E-state index < -0.39 is 0 Å². The van der Waals surface area contributed by atoms with Gasteiger partial charge in [-0.1, -0.05) is 13.8 Å². The Labute approximate surface area is 115 Å². The fraction of sp³-hybridized carbons (Fsp3) is 0.600. The summed E-state index contributed by atoms with van der Waals surface area (Å²) < 4.78 is 13.3. The van der Waals surface area contributed by atoms with Gasteiger partial charge in [0.05, 0.1) is 0 Å². The van der Waals surface area contributed by atoms with Gasteiger partial charge in [0.1, 0.15) is 5.82 Å². The van der Waals surface area contributed by atoms with Gasteiger partial charge in [0.2, 0.25) is 0 Å². The second-order valence-electron chi connectivity index (χ2n) is 5.09. The van der Waals surface area contributed by atoms with Crippen molar-refractivity contribution in [2.75, 3.05) is 31.1 Å². The van der Waals surface area contributed by atoms with Crippen LogP contribution in [0.2, 0.25) is 0 Å². The van der Waals surface area contributed by atoms with Crippen LogP contribution in [0.5, 0.6) is 0 Å².